The molecule has 6 nitrogen and oxygen atoms in total. The third-order valence-electron chi connectivity index (χ3n) is 2.26. The van der Waals surface area contributed by atoms with Crippen molar-refractivity contribution in [3.8, 4) is 5.75 Å². The Morgan fingerprint density at radius 2 is 2.05 bits per heavy atom. The molecule has 0 aliphatic heterocycles. The smallest absolute Gasteiger partial charge is 0.314 e. The molecule has 100 valence electrons. The van der Waals surface area contributed by atoms with E-state index >= 15 is 0 Å². The monoisotopic (exact) mass is 325 g/mol. The highest BCUT2D eigenvalue weighted by Gasteiger charge is 2.08. The number of rotatable bonds is 3. The fraction of sp³-hybridized carbons (Fsp3) is 0.250. The molecular formula is C12H12BrN3O3. The number of hydrogen-bond acceptors (Lipinski definition) is 5. The van der Waals surface area contributed by atoms with Gasteiger partial charge in [-0.25, -0.2) is 4.99 Å². The summed E-state index contributed by atoms with van der Waals surface area (Å²) in [6.07, 6.45) is 3.15. The summed E-state index contributed by atoms with van der Waals surface area (Å²) < 4.78 is 6.20. The van der Waals surface area contributed by atoms with Crippen molar-refractivity contribution in [1.29, 1.82) is 0 Å². The van der Waals surface area contributed by atoms with Crippen molar-refractivity contribution in [3.63, 3.8) is 0 Å². The van der Waals surface area contributed by atoms with Crippen LogP contribution in [0.2, 0.25) is 0 Å². The van der Waals surface area contributed by atoms with E-state index in [9.17, 15) is 9.70 Å². The molecule has 1 aromatic heterocycles. The van der Waals surface area contributed by atoms with Crippen LogP contribution in [0.3, 0.4) is 0 Å². The lowest BCUT2D eigenvalue weighted by Gasteiger charge is -2.06. The van der Waals surface area contributed by atoms with Crippen molar-refractivity contribution in [2.75, 3.05) is 0 Å². The van der Waals surface area contributed by atoms with Gasteiger partial charge in [0.2, 0.25) is 0 Å². The van der Waals surface area contributed by atoms with Crippen molar-refractivity contribution >= 4 is 27.7 Å². The van der Waals surface area contributed by atoms with Crippen molar-refractivity contribution in [2.45, 2.75) is 20.8 Å². The highest BCUT2D eigenvalue weighted by molar-refractivity contribution is 9.10. The van der Waals surface area contributed by atoms with Crippen LogP contribution < -0.4 is 4.74 Å². The normalized spacial score (nSPS) is 12.7. The van der Waals surface area contributed by atoms with Crippen LogP contribution in [0.1, 0.15) is 20.8 Å². The molecule has 0 unspecified atom stereocenters. The summed E-state index contributed by atoms with van der Waals surface area (Å²) in [6.45, 7) is 4.72. The summed E-state index contributed by atoms with van der Waals surface area (Å²) in [5, 5.41) is 2.34. The van der Waals surface area contributed by atoms with Crippen molar-refractivity contribution < 1.29 is 9.53 Å². The second-order valence-electron chi connectivity index (χ2n) is 3.65. The number of aliphatic imine (C=N–C) groups is 1. The summed E-state index contributed by atoms with van der Waals surface area (Å²) in [5.74, 6) is -0.00472. The maximum atomic E-state index is 11.1. The Morgan fingerprint density at radius 3 is 2.63 bits per heavy atom. The first-order chi connectivity index (χ1) is 8.95. The minimum atomic E-state index is -0.836. The fourth-order valence-corrected chi connectivity index (χ4v) is 1.46. The third-order valence-corrected chi connectivity index (χ3v) is 2.92. The zero-order valence-electron chi connectivity index (χ0n) is 10.7. The van der Waals surface area contributed by atoms with E-state index < -0.39 is 5.91 Å². The standard InChI is InChI=1S/C12H12BrN3O3/c1-7(12(17)16-18)8(2)15-9(3)19-11-6-14-5-4-10(11)13/h4-6H,1-3H3/b8-7+,15-9+. The van der Waals surface area contributed by atoms with Gasteiger partial charge >= 0.3 is 5.91 Å². The van der Waals surface area contributed by atoms with Gasteiger partial charge < -0.3 is 4.74 Å². The van der Waals surface area contributed by atoms with Gasteiger partial charge in [0.15, 0.2) is 11.6 Å². The molecule has 0 N–H and O–H groups in total. The van der Waals surface area contributed by atoms with Crippen LogP contribution in [-0.2, 0) is 4.79 Å². The molecule has 7 heteroatoms. The topological polar surface area (TPSA) is 81.0 Å². The highest BCUT2D eigenvalue weighted by atomic mass is 79.9. The first-order valence-electron chi connectivity index (χ1n) is 5.33. The summed E-state index contributed by atoms with van der Waals surface area (Å²) >= 11 is 3.31. The Bertz CT molecular complexity index is 567. The van der Waals surface area contributed by atoms with Crippen LogP contribution in [0.15, 0.2) is 44.4 Å². The van der Waals surface area contributed by atoms with Crippen molar-refractivity contribution in [2.24, 2.45) is 10.2 Å². The Hall–Kier alpha value is -1.89. The van der Waals surface area contributed by atoms with Gasteiger partial charge in [-0.1, -0.05) is 0 Å². The number of allylic oxidation sites excluding steroid dienone is 1. The first kappa shape index (κ1) is 15.2. The Labute approximate surface area is 118 Å². The number of nitroso groups, excluding NO2 is 1. The maximum absolute atomic E-state index is 11.1. The molecule has 1 rings (SSSR count). The predicted molar refractivity (Wildman–Crippen MR) is 74.9 cm³/mol. The summed E-state index contributed by atoms with van der Waals surface area (Å²) in [7, 11) is 0. The van der Waals surface area contributed by atoms with Gasteiger partial charge in [0.25, 0.3) is 0 Å². The summed E-state index contributed by atoms with van der Waals surface area (Å²) in [4.78, 5) is 29.2. The van der Waals surface area contributed by atoms with Crippen LogP contribution in [0.25, 0.3) is 0 Å². The van der Waals surface area contributed by atoms with E-state index in [4.69, 9.17) is 4.74 Å². The van der Waals surface area contributed by atoms with Gasteiger partial charge in [0, 0.05) is 29.6 Å². The zero-order chi connectivity index (χ0) is 14.4. The van der Waals surface area contributed by atoms with Crippen LogP contribution in [0, 0.1) is 4.91 Å². The minimum absolute atomic E-state index is 0.184. The molecule has 0 spiro atoms. The predicted octanol–water partition coefficient (Wildman–Crippen LogP) is 3.23. The number of halogens is 1. The third kappa shape index (κ3) is 4.36. The largest absolute Gasteiger partial charge is 0.440 e. The Morgan fingerprint density at radius 1 is 1.37 bits per heavy atom. The molecule has 19 heavy (non-hydrogen) atoms. The number of carbonyl (C=O) groups excluding carboxylic acids is 1. The number of carbonyl (C=O) groups is 1. The summed E-state index contributed by atoms with van der Waals surface area (Å²) in [6, 6.07) is 1.73. The number of nitrogens with zero attached hydrogens (tertiary/aromatic N) is 3. The molecule has 1 aromatic rings. The van der Waals surface area contributed by atoms with Crippen LogP contribution >= 0.6 is 15.9 Å². The van der Waals surface area contributed by atoms with E-state index in [2.05, 4.69) is 31.1 Å². The zero-order valence-corrected chi connectivity index (χ0v) is 12.3. The van der Waals surface area contributed by atoms with Crippen LogP contribution in [-0.4, -0.2) is 16.8 Å². The van der Waals surface area contributed by atoms with Gasteiger partial charge in [-0.15, -0.1) is 4.91 Å². The van der Waals surface area contributed by atoms with E-state index in [1.165, 1.54) is 13.1 Å². The molecule has 0 atom stereocenters. The second kappa shape index (κ2) is 6.89. The lowest BCUT2D eigenvalue weighted by Crippen LogP contribution is -2.05. The van der Waals surface area contributed by atoms with E-state index in [1.807, 2.05) is 0 Å². The molecule has 1 amide bonds. The summed E-state index contributed by atoms with van der Waals surface area (Å²) in [5.41, 5.74) is 0.560. The number of pyridine rings is 1. The maximum Gasteiger partial charge on any atom is 0.314 e. The lowest BCUT2D eigenvalue weighted by atomic mass is 10.2. The number of hydrogen-bond donors (Lipinski definition) is 0. The molecule has 0 saturated heterocycles. The van der Waals surface area contributed by atoms with E-state index in [0.29, 0.717) is 17.3 Å². The van der Waals surface area contributed by atoms with Crippen LogP contribution in [0.5, 0.6) is 5.75 Å². The van der Waals surface area contributed by atoms with E-state index in [-0.39, 0.29) is 5.57 Å². The van der Waals surface area contributed by atoms with Gasteiger partial charge in [-0.3, -0.25) is 9.78 Å². The van der Waals surface area contributed by atoms with Crippen molar-refractivity contribution in [1.82, 2.24) is 4.98 Å². The quantitative estimate of drug-likeness (QED) is 0.370. The number of amides is 1. The van der Waals surface area contributed by atoms with Gasteiger partial charge in [-0.05, 0) is 35.8 Å². The molecule has 0 bridgehead atoms. The van der Waals surface area contributed by atoms with Gasteiger partial charge in [0.1, 0.15) is 0 Å². The molecule has 0 aromatic carbocycles. The molecule has 0 aliphatic rings. The van der Waals surface area contributed by atoms with Gasteiger partial charge in [0.05, 0.1) is 10.7 Å². The average Bonchev–Trinajstić information content (AvgIpc) is 2.39. The van der Waals surface area contributed by atoms with Crippen LogP contribution in [0.4, 0.5) is 0 Å². The Balaban J connectivity index is 2.92. The Kier molecular flexibility index (Phi) is 5.50. The molecule has 0 aliphatic carbocycles. The minimum Gasteiger partial charge on any atom is -0.440 e. The molecular weight excluding hydrogens is 314 g/mol. The molecule has 0 saturated carbocycles. The van der Waals surface area contributed by atoms with E-state index in [0.717, 1.165) is 4.47 Å². The fourth-order valence-electron chi connectivity index (χ4n) is 1.16. The highest BCUT2D eigenvalue weighted by Crippen LogP contribution is 2.23. The SMILES string of the molecule is C/C(=N\C(C)=C(/C)C(=O)N=O)Oc1cnccc1Br. The first-order valence-corrected chi connectivity index (χ1v) is 6.12. The van der Waals surface area contributed by atoms with Gasteiger partial charge in [-0.2, -0.15) is 0 Å². The lowest BCUT2D eigenvalue weighted by molar-refractivity contribution is -0.114. The second-order valence-corrected chi connectivity index (χ2v) is 4.50. The molecule has 0 fully saturated rings. The average molecular weight is 326 g/mol. The molecule has 0 radical (unpaired) electrons. The number of ether oxygens (including phenoxy) is 1. The molecule has 1 heterocycles. The van der Waals surface area contributed by atoms with Crippen molar-refractivity contribution in [3.05, 3.63) is 39.1 Å². The van der Waals surface area contributed by atoms with E-state index in [1.54, 1.807) is 26.1 Å². The number of aromatic nitrogens is 1.